The maximum absolute atomic E-state index is 6.34. The number of nitrogens with zero attached hydrogens (tertiary/aromatic N) is 1. The summed E-state index contributed by atoms with van der Waals surface area (Å²) in [4.78, 5) is 0. The van der Waals surface area contributed by atoms with Gasteiger partial charge in [0.2, 0.25) is 0 Å². The Morgan fingerprint density at radius 2 is 1.10 bits per heavy atom. The van der Waals surface area contributed by atoms with E-state index in [2.05, 4.69) is 152 Å². The summed E-state index contributed by atoms with van der Waals surface area (Å²) in [7, 11) is 0. The predicted octanol–water partition coefficient (Wildman–Crippen LogP) is 10.5. The second-order valence-electron chi connectivity index (χ2n) is 11.4. The molecular formula is C39H29NO. The van der Waals surface area contributed by atoms with E-state index in [4.69, 9.17) is 4.74 Å². The summed E-state index contributed by atoms with van der Waals surface area (Å²) in [5, 5.41) is 2.52. The van der Waals surface area contributed by atoms with Crippen LogP contribution in [0.15, 0.2) is 140 Å². The molecule has 0 aliphatic carbocycles. The summed E-state index contributed by atoms with van der Waals surface area (Å²) >= 11 is 0. The quantitative estimate of drug-likeness (QED) is 0.223. The van der Waals surface area contributed by atoms with Gasteiger partial charge in [0.05, 0.1) is 11.0 Å². The first kappa shape index (κ1) is 23.8. The van der Waals surface area contributed by atoms with E-state index in [1.54, 1.807) is 0 Å². The SMILES string of the molecule is CC1(C)c2ccccc2Oc2ccc(-c3ccccc3-c3ccc4c(c3)c3ccccc3n4-c3ccccc3)cc21. The Labute approximate surface area is 240 Å². The van der Waals surface area contributed by atoms with Crippen molar-refractivity contribution in [3.8, 4) is 39.4 Å². The fourth-order valence-electron chi connectivity index (χ4n) is 6.59. The molecule has 1 aromatic heterocycles. The van der Waals surface area contributed by atoms with Crippen molar-refractivity contribution >= 4 is 21.8 Å². The average molecular weight is 528 g/mol. The van der Waals surface area contributed by atoms with E-state index >= 15 is 0 Å². The Hall–Kier alpha value is -5.08. The molecule has 2 heteroatoms. The molecule has 1 aliphatic heterocycles. The zero-order chi connectivity index (χ0) is 27.6. The first-order valence-corrected chi connectivity index (χ1v) is 14.2. The van der Waals surface area contributed by atoms with Crippen molar-refractivity contribution in [2.45, 2.75) is 19.3 Å². The molecule has 0 bridgehead atoms. The maximum Gasteiger partial charge on any atom is 0.131 e. The zero-order valence-corrected chi connectivity index (χ0v) is 23.1. The molecule has 0 saturated heterocycles. The van der Waals surface area contributed by atoms with Gasteiger partial charge >= 0.3 is 0 Å². The molecule has 0 amide bonds. The highest BCUT2D eigenvalue weighted by molar-refractivity contribution is 6.10. The number of hydrogen-bond acceptors (Lipinski definition) is 1. The lowest BCUT2D eigenvalue weighted by atomic mass is 9.75. The van der Waals surface area contributed by atoms with Crippen LogP contribution in [-0.2, 0) is 5.41 Å². The third kappa shape index (κ3) is 3.64. The molecule has 0 fully saturated rings. The third-order valence-corrected chi connectivity index (χ3v) is 8.67. The van der Waals surface area contributed by atoms with Gasteiger partial charge in [-0.3, -0.25) is 0 Å². The first-order chi connectivity index (χ1) is 20.1. The van der Waals surface area contributed by atoms with Crippen LogP contribution in [0, 0.1) is 0 Å². The van der Waals surface area contributed by atoms with Crippen molar-refractivity contribution in [3.05, 3.63) is 151 Å². The minimum Gasteiger partial charge on any atom is -0.457 e. The molecule has 2 nitrogen and oxygen atoms in total. The highest BCUT2D eigenvalue weighted by Gasteiger charge is 2.34. The van der Waals surface area contributed by atoms with Crippen molar-refractivity contribution in [3.63, 3.8) is 0 Å². The molecule has 196 valence electrons. The molecule has 0 saturated carbocycles. The van der Waals surface area contributed by atoms with Gasteiger partial charge in [0.15, 0.2) is 0 Å². The lowest BCUT2D eigenvalue weighted by Crippen LogP contribution is -2.24. The van der Waals surface area contributed by atoms with Gasteiger partial charge in [0.1, 0.15) is 11.5 Å². The number of fused-ring (bicyclic) bond motifs is 5. The first-order valence-electron chi connectivity index (χ1n) is 14.2. The molecule has 0 unspecified atom stereocenters. The molecule has 8 rings (SSSR count). The van der Waals surface area contributed by atoms with Crippen molar-refractivity contribution < 1.29 is 4.74 Å². The minimum absolute atomic E-state index is 0.159. The number of ether oxygens (including phenoxy) is 1. The summed E-state index contributed by atoms with van der Waals surface area (Å²) in [6.07, 6.45) is 0. The second kappa shape index (κ2) is 8.97. The smallest absolute Gasteiger partial charge is 0.131 e. The van der Waals surface area contributed by atoms with Gasteiger partial charge in [-0.1, -0.05) is 105 Å². The molecule has 0 N–H and O–H groups in total. The van der Waals surface area contributed by atoms with E-state index < -0.39 is 0 Å². The molecule has 0 atom stereocenters. The van der Waals surface area contributed by atoms with Crippen molar-refractivity contribution in [1.29, 1.82) is 0 Å². The molecule has 0 radical (unpaired) electrons. The highest BCUT2D eigenvalue weighted by atomic mass is 16.5. The van der Waals surface area contributed by atoms with Crippen LogP contribution in [0.2, 0.25) is 0 Å². The topological polar surface area (TPSA) is 14.2 Å². The van der Waals surface area contributed by atoms with Gasteiger partial charge in [-0.25, -0.2) is 0 Å². The van der Waals surface area contributed by atoms with Gasteiger partial charge in [0, 0.05) is 33.0 Å². The van der Waals surface area contributed by atoms with Crippen molar-refractivity contribution in [2.75, 3.05) is 0 Å². The lowest BCUT2D eigenvalue weighted by molar-refractivity contribution is 0.418. The van der Waals surface area contributed by atoms with E-state index in [0.717, 1.165) is 11.5 Å². The van der Waals surface area contributed by atoms with Gasteiger partial charge < -0.3 is 9.30 Å². The maximum atomic E-state index is 6.34. The van der Waals surface area contributed by atoms with Crippen LogP contribution >= 0.6 is 0 Å². The van der Waals surface area contributed by atoms with Crippen molar-refractivity contribution in [1.82, 2.24) is 4.57 Å². The Morgan fingerprint density at radius 1 is 0.488 bits per heavy atom. The summed E-state index contributed by atoms with van der Waals surface area (Å²) in [5.74, 6) is 1.88. The molecule has 0 spiro atoms. The third-order valence-electron chi connectivity index (χ3n) is 8.67. The van der Waals surface area contributed by atoms with Crippen LogP contribution in [0.1, 0.15) is 25.0 Å². The number of rotatable bonds is 3. The van der Waals surface area contributed by atoms with Crippen molar-refractivity contribution in [2.24, 2.45) is 0 Å². The molecule has 2 heterocycles. The van der Waals surface area contributed by atoms with Crippen LogP contribution in [0.3, 0.4) is 0 Å². The normalized spacial score (nSPS) is 13.5. The summed E-state index contributed by atoms with van der Waals surface area (Å²) in [5.41, 5.74) is 10.7. The lowest BCUT2D eigenvalue weighted by Gasteiger charge is -2.34. The fraction of sp³-hybridized carbons (Fsp3) is 0.0769. The fourth-order valence-corrected chi connectivity index (χ4v) is 6.59. The molecule has 41 heavy (non-hydrogen) atoms. The van der Waals surface area contributed by atoms with Gasteiger partial charge in [0.25, 0.3) is 0 Å². The Morgan fingerprint density at radius 3 is 1.93 bits per heavy atom. The molecule has 6 aromatic carbocycles. The summed E-state index contributed by atoms with van der Waals surface area (Å²) in [6, 6.07) is 50.0. The predicted molar refractivity (Wildman–Crippen MR) is 170 cm³/mol. The van der Waals surface area contributed by atoms with E-state index in [0.29, 0.717) is 0 Å². The largest absolute Gasteiger partial charge is 0.457 e. The van der Waals surface area contributed by atoms with Gasteiger partial charge in [-0.2, -0.15) is 0 Å². The Bertz CT molecular complexity index is 2100. The molecule has 1 aliphatic rings. The standard InChI is InChI=1S/C39H29NO/c1-39(2)33-17-9-11-19-37(33)41-38-23-21-27(25-34(38)39)30-15-7-6-14-29(30)26-20-22-36-32(24-26)31-16-8-10-18-35(31)40(36)28-12-4-3-5-13-28/h3-25H,1-2H3. The highest BCUT2D eigenvalue weighted by Crippen LogP contribution is 2.49. The zero-order valence-electron chi connectivity index (χ0n) is 23.1. The number of para-hydroxylation sites is 3. The number of hydrogen-bond donors (Lipinski definition) is 0. The van der Waals surface area contributed by atoms with Crippen LogP contribution < -0.4 is 4.74 Å². The van der Waals surface area contributed by atoms with Gasteiger partial charge in [-0.05, 0) is 70.8 Å². The summed E-state index contributed by atoms with van der Waals surface area (Å²) in [6.45, 7) is 4.58. The van der Waals surface area contributed by atoms with E-state index in [-0.39, 0.29) is 5.41 Å². The van der Waals surface area contributed by atoms with Gasteiger partial charge in [-0.15, -0.1) is 0 Å². The van der Waals surface area contributed by atoms with E-state index in [9.17, 15) is 0 Å². The van der Waals surface area contributed by atoms with Crippen LogP contribution in [0.4, 0.5) is 0 Å². The van der Waals surface area contributed by atoms with Crippen LogP contribution in [-0.4, -0.2) is 4.57 Å². The monoisotopic (exact) mass is 527 g/mol. The Kier molecular flexibility index (Phi) is 5.20. The average Bonchev–Trinajstić information content (AvgIpc) is 3.35. The van der Waals surface area contributed by atoms with Crippen LogP contribution in [0.25, 0.3) is 49.7 Å². The number of aromatic nitrogens is 1. The molecular weight excluding hydrogens is 498 g/mol. The minimum atomic E-state index is -0.159. The molecule has 7 aromatic rings. The number of benzene rings is 6. The summed E-state index contributed by atoms with van der Waals surface area (Å²) < 4.78 is 8.71. The van der Waals surface area contributed by atoms with E-state index in [1.165, 1.54) is 60.9 Å². The second-order valence-corrected chi connectivity index (χ2v) is 11.4. The van der Waals surface area contributed by atoms with E-state index in [1.807, 2.05) is 6.07 Å². The van der Waals surface area contributed by atoms with Crippen LogP contribution in [0.5, 0.6) is 11.5 Å². The Balaban J connectivity index is 1.29.